The smallest absolute Gasteiger partial charge is 0.353 e. The van der Waals surface area contributed by atoms with Crippen LogP contribution < -0.4 is 16.2 Å². The van der Waals surface area contributed by atoms with Crippen molar-refractivity contribution in [1.82, 2.24) is 4.98 Å². The van der Waals surface area contributed by atoms with Gasteiger partial charge in [0.2, 0.25) is 11.6 Å². The normalized spacial score (nSPS) is 10.2. The molecule has 0 fully saturated rings. The Hall–Kier alpha value is -2.83. The number of nitrogens with zero attached hydrogens (tertiary/aromatic N) is 2. The Bertz CT molecular complexity index is 643. The maximum Gasteiger partial charge on any atom is 0.353 e. The van der Waals surface area contributed by atoms with Crippen LogP contribution in [0.15, 0.2) is 30.5 Å². The van der Waals surface area contributed by atoms with Gasteiger partial charge >= 0.3 is 5.69 Å². The largest absolute Gasteiger partial charge is 0.450 e. The molecule has 2 rings (SSSR count). The summed E-state index contributed by atoms with van der Waals surface area (Å²) in [5.74, 6) is 0.281. The molecule has 0 spiro atoms. The molecule has 0 unspecified atom stereocenters. The van der Waals surface area contributed by atoms with Gasteiger partial charge in [0, 0.05) is 24.0 Å². The van der Waals surface area contributed by atoms with Gasteiger partial charge in [-0.2, -0.15) is 0 Å². The van der Waals surface area contributed by atoms with E-state index in [0.29, 0.717) is 11.4 Å². The predicted molar refractivity (Wildman–Crippen MR) is 71.0 cm³/mol. The van der Waals surface area contributed by atoms with E-state index in [2.05, 4.69) is 4.98 Å². The van der Waals surface area contributed by atoms with Gasteiger partial charge in [0.15, 0.2) is 0 Å². The molecule has 0 saturated carbocycles. The molecule has 0 aliphatic rings. The minimum absolute atomic E-state index is 0.0335. The van der Waals surface area contributed by atoms with Crippen LogP contribution in [0.4, 0.5) is 17.2 Å². The van der Waals surface area contributed by atoms with Gasteiger partial charge in [0.05, 0.1) is 4.92 Å². The number of nitrogen functional groups attached to an aromatic ring is 2. The average Bonchev–Trinajstić information content (AvgIpc) is 2.33. The van der Waals surface area contributed by atoms with Crippen LogP contribution in [-0.2, 0) is 0 Å². The zero-order valence-electron chi connectivity index (χ0n) is 10.2. The molecule has 1 aromatic heterocycles. The van der Waals surface area contributed by atoms with E-state index < -0.39 is 4.92 Å². The van der Waals surface area contributed by atoms with Crippen molar-refractivity contribution in [3.8, 4) is 11.5 Å². The van der Waals surface area contributed by atoms with Crippen molar-refractivity contribution in [1.29, 1.82) is 0 Å². The molecular formula is C12H12N4O3. The van der Waals surface area contributed by atoms with Crippen molar-refractivity contribution >= 4 is 17.2 Å². The molecule has 0 bridgehead atoms. The number of aromatic nitrogens is 1. The van der Waals surface area contributed by atoms with Crippen LogP contribution in [-0.4, -0.2) is 9.91 Å². The second-order valence-electron chi connectivity index (χ2n) is 3.93. The van der Waals surface area contributed by atoms with Gasteiger partial charge in [-0.3, -0.25) is 10.1 Å². The number of ether oxygens (including phenoxy) is 1. The first-order valence-corrected chi connectivity index (χ1v) is 5.42. The van der Waals surface area contributed by atoms with E-state index in [9.17, 15) is 10.1 Å². The number of aryl methyl sites for hydroxylation is 1. The summed E-state index contributed by atoms with van der Waals surface area (Å²) in [5, 5.41) is 11.0. The lowest BCUT2D eigenvalue weighted by Crippen LogP contribution is -2.01. The molecule has 98 valence electrons. The fourth-order valence-corrected chi connectivity index (χ4v) is 1.56. The van der Waals surface area contributed by atoms with E-state index in [4.69, 9.17) is 16.2 Å². The van der Waals surface area contributed by atoms with E-state index in [1.165, 1.54) is 12.3 Å². The lowest BCUT2D eigenvalue weighted by Gasteiger charge is -2.10. The zero-order valence-corrected chi connectivity index (χ0v) is 10.2. The molecule has 7 heteroatoms. The fraction of sp³-hybridized carbons (Fsp3) is 0.0833. The summed E-state index contributed by atoms with van der Waals surface area (Å²) in [4.78, 5) is 14.0. The number of nitrogens with two attached hydrogens (primary N) is 2. The van der Waals surface area contributed by atoms with Crippen LogP contribution in [0.25, 0.3) is 0 Å². The lowest BCUT2D eigenvalue weighted by molar-refractivity contribution is -0.384. The Kier molecular flexibility index (Phi) is 3.19. The molecule has 0 aliphatic carbocycles. The summed E-state index contributed by atoms with van der Waals surface area (Å²) in [6.45, 7) is 1.81. The standard InChI is InChI=1S/C12H12N4O3/c1-7-2-3-8(13)6-10(7)19-9-4-5-15-12(14)11(9)16(17)18/h2-6H,13H2,1H3,(H2,14,15). The molecule has 0 aliphatic heterocycles. The summed E-state index contributed by atoms with van der Waals surface area (Å²) in [6.07, 6.45) is 1.35. The molecule has 0 amide bonds. The first-order valence-electron chi connectivity index (χ1n) is 5.42. The summed E-state index contributed by atoms with van der Waals surface area (Å²) < 4.78 is 5.52. The quantitative estimate of drug-likeness (QED) is 0.496. The Morgan fingerprint density at radius 3 is 2.68 bits per heavy atom. The third kappa shape index (κ3) is 2.54. The number of benzene rings is 1. The maximum atomic E-state index is 11.0. The number of nitro groups is 1. The van der Waals surface area contributed by atoms with Crippen LogP contribution in [0.2, 0.25) is 0 Å². The zero-order chi connectivity index (χ0) is 14.0. The number of hydrogen-bond acceptors (Lipinski definition) is 6. The average molecular weight is 260 g/mol. The second-order valence-corrected chi connectivity index (χ2v) is 3.93. The first-order chi connectivity index (χ1) is 8.99. The van der Waals surface area contributed by atoms with Crippen molar-refractivity contribution < 1.29 is 9.66 Å². The number of rotatable bonds is 3. The van der Waals surface area contributed by atoms with E-state index in [1.807, 2.05) is 6.92 Å². The van der Waals surface area contributed by atoms with E-state index in [0.717, 1.165) is 5.56 Å². The third-order valence-corrected chi connectivity index (χ3v) is 2.53. The van der Waals surface area contributed by atoms with Gasteiger partial charge in [-0.25, -0.2) is 4.98 Å². The molecule has 0 atom stereocenters. The summed E-state index contributed by atoms with van der Waals surface area (Å²) >= 11 is 0. The van der Waals surface area contributed by atoms with Crippen LogP contribution in [0.3, 0.4) is 0 Å². The first kappa shape index (κ1) is 12.6. The van der Waals surface area contributed by atoms with Crippen molar-refractivity contribution in [3.05, 3.63) is 46.1 Å². The monoisotopic (exact) mass is 260 g/mol. The summed E-state index contributed by atoms with van der Waals surface area (Å²) in [7, 11) is 0. The third-order valence-electron chi connectivity index (χ3n) is 2.53. The SMILES string of the molecule is Cc1ccc(N)cc1Oc1ccnc(N)c1[N+](=O)[O-]. The molecule has 1 heterocycles. The molecule has 1 aromatic carbocycles. The molecule has 19 heavy (non-hydrogen) atoms. The van der Waals surface area contributed by atoms with Crippen molar-refractivity contribution in [2.75, 3.05) is 11.5 Å². The lowest BCUT2D eigenvalue weighted by atomic mass is 10.2. The highest BCUT2D eigenvalue weighted by molar-refractivity contribution is 5.62. The van der Waals surface area contributed by atoms with Crippen LogP contribution in [0.1, 0.15) is 5.56 Å². The number of pyridine rings is 1. The number of anilines is 2. The highest BCUT2D eigenvalue weighted by Gasteiger charge is 2.21. The topological polar surface area (TPSA) is 117 Å². The van der Waals surface area contributed by atoms with E-state index in [1.54, 1.807) is 18.2 Å². The van der Waals surface area contributed by atoms with Crippen molar-refractivity contribution in [3.63, 3.8) is 0 Å². The Morgan fingerprint density at radius 2 is 2.00 bits per heavy atom. The van der Waals surface area contributed by atoms with Gasteiger partial charge in [0.25, 0.3) is 0 Å². The van der Waals surface area contributed by atoms with Gasteiger partial charge in [-0.15, -0.1) is 0 Å². The van der Waals surface area contributed by atoms with Crippen LogP contribution >= 0.6 is 0 Å². The molecule has 2 aromatic rings. The molecule has 0 radical (unpaired) electrons. The highest BCUT2D eigenvalue weighted by atomic mass is 16.6. The highest BCUT2D eigenvalue weighted by Crippen LogP contribution is 2.35. The van der Waals surface area contributed by atoms with E-state index in [-0.39, 0.29) is 17.3 Å². The van der Waals surface area contributed by atoms with Gasteiger partial charge in [0.1, 0.15) is 5.75 Å². The van der Waals surface area contributed by atoms with Gasteiger partial charge in [-0.1, -0.05) is 6.07 Å². The minimum atomic E-state index is -0.626. The second kappa shape index (κ2) is 4.81. The minimum Gasteiger partial charge on any atom is -0.450 e. The molecular weight excluding hydrogens is 248 g/mol. The Morgan fingerprint density at radius 1 is 1.26 bits per heavy atom. The van der Waals surface area contributed by atoms with Crippen LogP contribution in [0.5, 0.6) is 11.5 Å². The van der Waals surface area contributed by atoms with Crippen molar-refractivity contribution in [2.24, 2.45) is 0 Å². The summed E-state index contributed by atoms with van der Waals surface area (Å²) in [6, 6.07) is 6.46. The van der Waals surface area contributed by atoms with Crippen molar-refractivity contribution in [2.45, 2.75) is 6.92 Å². The molecule has 4 N–H and O–H groups in total. The fourth-order valence-electron chi connectivity index (χ4n) is 1.56. The molecule has 0 saturated heterocycles. The van der Waals surface area contributed by atoms with Crippen LogP contribution in [0, 0.1) is 17.0 Å². The van der Waals surface area contributed by atoms with E-state index >= 15 is 0 Å². The Balaban J connectivity index is 2.46. The maximum absolute atomic E-state index is 11.0. The Labute approximate surface area is 109 Å². The summed E-state index contributed by atoms with van der Waals surface area (Å²) in [5.41, 5.74) is 12.1. The number of hydrogen-bond donors (Lipinski definition) is 2. The van der Waals surface area contributed by atoms with Gasteiger partial charge < -0.3 is 16.2 Å². The molecule has 7 nitrogen and oxygen atoms in total. The predicted octanol–water partition coefficient (Wildman–Crippen LogP) is 2.25. The van der Waals surface area contributed by atoms with Gasteiger partial charge in [-0.05, 0) is 18.6 Å².